The number of nitrogens with two attached hydrogens (primary N) is 1. The number of methoxy groups -OCH3 is 2. The van der Waals surface area contributed by atoms with E-state index in [1.54, 1.807) is 18.2 Å². The molecule has 29 heavy (non-hydrogen) atoms. The lowest BCUT2D eigenvalue weighted by Crippen LogP contribution is -2.17. The smallest absolute Gasteiger partial charge is 0.240 e. The van der Waals surface area contributed by atoms with E-state index in [0.29, 0.717) is 17.1 Å². The van der Waals surface area contributed by atoms with Crippen LogP contribution >= 0.6 is 22.9 Å². The largest absolute Gasteiger partial charge is 0.497 e. The molecule has 154 valence electrons. The summed E-state index contributed by atoms with van der Waals surface area (Å²) in [6, 6.07) is 4.72. The van der Waals surface area contributed by atoms with Gasteiger partial charge in [-0.1, -0.05) is 29.0 Å². The number of aromatic nitrogens is 2. The van der Waals surface area contributed by atoms with E-state index in [9.17, 15) is 12.8 Å². The monoisotopic (exact) mass is 461 g/mol. The third-order valence-electron chi connectivity index (χ3n) is 4.09. The second-order valence-corrected chi connectivity index (χ2v) is 8.48. The van der Waals surface area contributed by atoms with Gasteiger partial charge in [0.05, 0.1) is 24.8 Å². The van der Waals surface area contributed by atoms with E-state index in [2.05, 4.69) is 10.2 Å². The zero-order valence-electron chi connectivity index (χ0n) is 15.1. The maximum Gasteiger partial charge on any atom is 0.240 e. The van der Waals surface area contributed by atoms with Crippen LogP contribution in [0.4, 0.5) is 8.78 Å². The highest BCUT2D eigenvalue weighted by atomic mass is 35.5. The van der Waals surface area contributed by atoms with Crippen LogP contribution in [0.1, 0.15) is 11.1 Å². The van der Waals surface area contributed by atoms with Crippen molar-refractivity contribution in [1.29, 1.82) is 0 Å². The normalized spacial score (nSPS) is 11.5. The van der Waals surface area contributed by atoms with Gasteiger partial charge in [-0.15, -0.1) is 10.2 Å². The molecule has 3 rings (SSSR count). The Morgan fingerprint density at radius 2 is 1.93 bits per heavy atom. The molecule has 3 aromatic rings. The van der Waals surface area contributed by atoms with Gasteiger partial charge in [0.1, 0.15) is 33.5 Å². The van der Waals surface area contributed by atoms with Crippen molar-refractivity contribution in [2.45, 2.75) is 11.3 Å². The fourth-order valence-corrected chi connectivity index (χ4v) is 4.78. The summed E-state index contributed by atoms with van der Waals surface area (Å²) in [5.74, 6) is -1.57. The molecule has 0 aliphatic carbocycles. The van der Waals surface area contributed by atoms with Crippen molar-refractivity contribution in [3.05, 3.63) is 51.5 Å². The van der Waals surface area contributed by atoms with Crippen LogP contribution in [0.2, 0.25) is 5.02 Å². The minimum atomic E-state index is -4.56. The molecule has 0 radical (unpaired) electrons. The molecule has 12 heteroatoms. The van der Waals surface area contributed by atoms with Crippen molar-refractivity contribution >= 4 is 33.0 Å². The predicted octanol–water partition coefficient (Wildman–Crippen LogP) is 3.39. The number of sulfonamides is 1. The van der Waals surface area contributed by atoms with Gasteiger partial charge in [0.2, 0.25) is 10.0 Å². The standard InChI is InChI=1S/C17H14ClF2N3O4S2/c1-26-9-4-3-8(11(6-9)27-2)5-10-14(19)12(17-23-22-7-28-17)16(29(21,24)25)13(18)15(10)20/h3-4,6-7H,5H2,1-2H3,(H2,21,24,25). The quantitative estimate of drug-likeness (QED) is 0.564. The number of rotatable bonds is 6. The van der Waals surface area contributed by atoms with E-state index in [0.717, 1.165) is 11.3 Å². The minimum absolute atomic E-state index is 0.101. The van der Waals surface area contributed by atoms with Crippen LogP contribution in [0.5, 0.6) is 11.5 Å². The highest BCUT2D eigenvalue weighted by Gasteiger charge is 2.32. The molecule has 1 aromatic heterocycles. The summed E-state index contributed by atoms with van der Waals surface area (Å²) >= 11 is 6.83. The Kier molecular flexibility index (Phi) is 6.03. The highest BCUT2D eigenvalue weighted by molar-refractivity contribution is 7.89. The van der Waals surface area contributed by atoms with Crippen LogP contribution in [-0.2, 0) is 16.4 Å². The molecule has 0 atom stereocenters. The summed E-state index contributed by atoms with van der Waals surface area (Å²) in [6.07, 6.45) is -0.277. The fraction of sp³-hybridized carbons (Fsp3) is 0.176. The second-order valence-electron chi connectivity index (χ2n) is 5.77. The Hall–Kier alpha value is -2.34. The zero-order chi connectivity index (χ0) is 21.3. The zero-order valence-corrected chi connectivity index (χ0v) is 17.5. The van der Waals surface area contributed by atoms with Crippen LogP contribution in [-0.4, -0.2) is 32.8 Å². The second kappa shape index (κ2) is 8.19. The Labute approximate surface area is 174 Å². The van der Waals surface area contributed by atoms with Crippen LogP contribution < -0.4 is 14.6 Å². The Morgan fingerprint density at radius 1 is 1.21 bits per heavy atom. The fourth-order valence-electron chi connectivity index (χ4n) is 2.77. The average Bonchev–Trinajstić information content (AvgIpc) is 3.21. The third-order valence-corrected chi connectivity index (χ3v) is 6.24. The molecule has 0 spiro atoms. The number of primary sulfonamides is 1. The molecule has 1 heterocycles. The summed E-state index contributed by atoms with van der Waals surface area (Å²) < 4.78 is 64.7. The number of benzene rings is 2. The van der Waals surface area contributed by atoms with Gasteiger partial charge >= 0.3 is 0 Å². The van der Waals surface area contributed by atoms with E-state index in [4.69, 9.17) is 26.2 Å². The molecular formula is C17H14ClF2N3O4S2. The molecule has 2 aromatic carbocycles. The van der Waals surface area contributed by atoms with Crippen LogP contribution in [0.3, 0.4) is 0 Å². The molecule has 0 aliphatic rings. The summed E-state index contributed by atoms with van der Waals surface area (Å²) in [5, 5.41) is 11.5. The topological polar surface area (TPSA) is 104 Å². The molecule has 0 aliphatic heterocycles. The molecule has 0 bridgehead atoms. The maximum atomic E-state index is 15.4. The van der Waals surface area contributed by atoms with E-state index in [1.165, 1.54) is 19.7 Å². The molecule has 2 N–H and O–H groups in total. The Balaban J connectivity index is 2.27. The van der Waals surface area contributed by atoms with E-state index in [-0.39, 0.29) is 11.4 Å². The minimum Gasteiger partial charge on any atom is -0.497 e. The number of nitrogens with zero attached hydrogens (tertiary/aromatic N) is 2. The van der Waals surface area contributed by atoms with Crippen molar-refractivity contribution in [2.24, 2.45) is 5.14 Å². The molecule has 0 fully saturated rings. The summed E-state index contributed by atoms with van der Waals surface area (Å²) in [4.78, 5) is -0.878. The molecule has 0 amide bonds. The Morgan fingerprint density at radius 3 is 2.48 bits per heavy atom. The number of ether oxygens (including phenoxy) is 2. The van der Waals surface area contributed by atoms with Gasteiger partial charge in [-0.25, -0.2) is 22.3 Å². The van der Waals surface area contributed by atoms with E-state index in [1.807, 2.05) is 0 Å². The first kappa shape index (κ1) is 21.4. The van der Waals surface area contributed by atoms with E-state index >= 15 is 4.39 Å². The summed E-state index contributed by atoms with van der Waals surface area (Å²) in [7, 11) is -1.70. The number of hydrogen-bond donors (Lipinski definition) is 1. The van der Waals surface area contributed by atoms with Gasteiger partial charge in [-0.3, -0.25) is 0 Å². The lowest BCUT2D eigenvalue weighted by molar-refractivity contribution is 0.391. The van der Waals surface area contributed by atoms with Gasteiger partial charge in [0.15, 0.2) is 5.01 Å². The lowest BCUT2D eigenvalue weighted by Gasteiger charge is -2.16. The SMILES string of the molecule is COc1ccc(Cc2c(F)c(Cl)c(S(N)(=O)=O)c(-c3nncs3)c2F)c(OC)c1. The van der Waals surface area contributed by atoms with Crippen molar-refractivity contribution in [2.75, 3.05) is 14.2 Å². The first-order chi connectivity index (χ1) is 13.7. The molecular weight excluding hydrogens is 448 g/mol. The van der Waals surface area contributed by atoms with Gasteiger partial charge in [-0.05, 0) is 11.6 Å². The summed E-state index contributed by atoms with van der Waals surface area (Å²) in [5.41, 5.74) is 0.708. The first-order valence-electron chi connectivity index (χ1n) is 7.88. The molecule has 0 saturated heterocycles. The average molecular weight is 462 g/mol. The Bertz CT molecular complexity index is 1170. The van der Waals surface area contributed by atoms with Gasteiger partial charge in [0, 0.05) is 18.1 Å². The highest BCUT2D eigenvalue weighted by Crippen LogP contribution is 2.40. The van der Waals surface area contributed by atoms with E-state index < -0.39 is 42.7 Å². The first-order valence-corrected chi connectivity index (χ1v) is 10.7. The van der Waals surface area contributed by atoms with Gasteiger partial charge in [-0.2, -0.15) is 0 Å². The summed E-state index contributed by atoms with van der Waals surface area (Å²) in [6.45, 7) is 0. The van der Waals surface area contributed by atoms with Crippen LogP contribution in [0.15, 0.2) is 28.6 Å². The van der Waals surface area contributed by atoms with Crippen molar-refractivity contribution in [3.63, 3.8) is 0 Å². The number of halogens is 3. The lowest BCUT2D eigenvalue weighted by atomic mass is 10.00. The maximum absolute atomic E-state index is 15.4. The molecule has 0 unspecified atom stereocenters. The molecule has 7 nitrogen and oxygen atoms in total. The van der Waals surface area contributed by atoms with Crippen LogP contribution in [0.25, 0.3) is 10.6 Å². The molecule has 0 saturated carbocycles. The third kappa shape index (κ3) is 4.04. The van der Waals surface area contributed by atoms with Crippen LogP contribution in [0, 0.1) is 11.6 Å². The van der Waals surface area contributed by atoms with Gasteiger partial charge < -0.3 is 9.47 Å². The van der Waals surface area contributed by atoms with Crippen molar-refractivity contribution in [1.82, 2.24) is 10.2 Å². The van der Waals surface area contributed by atoms with Gasteiger partial charge in [0.25, 0.3) is 0 Å². The van der Waals surface area contributed by atoms with Crippen molar-refractivity contribution in [3.8, 4) is 22.1 Å². The van der Waals surface area contributed by atoms with Crippen molar-refractivity contribution < 1.29 is 26.7 Å². The number of hydrogen-bond acceptors (Lipinski definition) is 7. The predicted molar refractivity (Wildman–Crippen MR) is 104 cm³/mol.